The highest BCUT2D eigenvalue weighted by molar-refractivity contribution is 6.00. The lowest BCUT2D eigenvalue weighted by molar-refractivity contribution is 0.420. The summed E-state index contributed by atoms with van der Waals surface area (Å²) in [7, 11) is 0. The van der Waals surface area contributed by atoms with Gasteiger partial charge in [0.25, 0.3) is 0 Å². The lowest BCUT2D eigenvalue weighted by Crippen LogP contribution is -2.28. The summed E-state index contributed by atoms with van der Waals surface area (Å²) in [5.74, 6) is 2.31. The first-order valence-electron chi connectivity index (χ1n) is 22.2. The molecule has 3 aliphatic rings. The van der Waals surface area contributed by atoms with E-state index in [2.05, 4.69) is 215 Å². The smallest absolute Gasteiger partial charge is 0.0714 e. The molecule has 0 amide bonds. The van der Waals surface area contributed by atoms with Gasteiger partial charge in [0.05, 0.1) is 11.1 Å². The summed E-state index contributed by atoms with van der Waals surface area (Å²) < 4.78 is 0. The molecule has 11 rings (SSSR count). The molecule has 0 aromatic heterocycles. The summed E-state index contributed by atoms with van der Waals surface area (Å²) in [5, 5.41) is 2.49. The van der Waals surface area contributed by atoms with E-state index in [-0.39, 0.29) is 5.41 Å². The Morgan fingerprint density at radius 3 is 1.88 bits per heavy atom. The van der Waals surface area contributed by atoms with Crippen molar-refractivity contribution in [3.63, 3.8) is 0 Å². The molecule has 0 heterocycles. The van der Waals surface area contributed by atoms with Crippen molar-refractivity contribution in [2.45, 2.75) is 70.1 Å². The maximum atomic E-state index is 2.61. The van der Waals surface area contributed by atoms with Crippen LogP contribution in [0.4, 0.5) is 17.1 Å². The summed E-state index contributed by atoms with van der Waals surface area (Å²) in [6.07, 6.45) is 5.49. The predicted molar refractivity (Wildman–Crippen MR) is 253 cm³/mol. The molecule has 0 radical (unpaired) electrons. The van der Waals surface area contributed by atoms with Gasteiger partial charge in [0.2, 0.25) is 0 Å². The molecule has 0 saturated heterocycles. The predicted octanol–water partition coefficient (Wildman–Crippen LogP) is 15.8. The maximum Gasteiger partial charge on any atom is 0.0714 e. The van der Waals surface area contributed by atoms with Crippen LogP contribution >= 0.6 is 0 Å². The maximum absolute atomic E-state index is 2.61. The van der Waals surface area contributed by atoms with E-state index in [0.29, 0.717) is 5.92 Å². The highest BCUT2D eigenvalue weighted by Gasteiger charge is 2.47. The fraction of sp³-hybridized carbons (Fsp3) is 0.220. The molecule has 1 nitrogen and oxygen atoms in total. The van der Waals surface area contributed by atoms with Gasteiger partial charge in [-0.05, 0) is 152 Å². The van der Waals surface area contributed by atoms with Crippen LogP contribution in [0, 0.1) is 18.8 Å². The first kappa shape index (κ1) is 36.9. The third-order valence-electron chi connectivity index (χ3n) is 14.4. The molecule has 3 unspecified atom stereocenters. The van der Waals surface area contributed by atoms with Gasteiger partial charge in [0.1, 0.15) is 0 Å². The molecule has 1 heteroatoms. The Labute approximate surface area is 356 Å². The Balaban J connectivity index is 1.22. The molecule has 0 spiro atoms. The third kappa shape index (κ3) is 5.81. The molecule has 2 bridgehead atoms. The number of hydrogen-bond acceptors (Lipinski definition) is 1. The average molecular weight is 776 g/mol. The van der Waals surface area contributed by atoms with Gasteiger partial charge in [-0.15, -0.1) is 0 Å². The summed E-state index contributed by atoms with van der Waals surface area (Å²) in [6, 6.07) is 69.3. The first-order valence-corrected chi connectivity index (χ1v) is 22.2. The van der Waals surface area contributed by atoms with Gasteiger partial charge in [-0.1, -0.05) is 173 Å². The summed E-state index contributed by atoms with van der Waals surface area (Å²) >= 11 is 0. The summed E-state index contributed by atoms with van der Waals surface area (Å²) in [4.78, 5) is 2.61. The molecule has 3 atom stereocenters. The molecule has 8 aromatic rings. The van der Waals surface area contributed by atoms with Crippen molar-refractivity contribution in [3.8, 4) is 22.3 Å². The minimum Gasteiger partial charge on any atom is -0.310 e. The number of rotatable bonds is 7. The van der Waals surface area contributed by atoms with Crippen LogP contribution < -0.4 is 4.90 Å². The molecular formula is C59H53N. The van der Waals surface area contributed by atoms with Crippen LogP contribution in [-0.4, -0.2) is 0 Å². The number of nitrogens with zero attached hydrogens (tertiary/aromatic N) is 1. The first-order chi connectivity index (χ1) is 29.3. The van der Waals surface area contributed by atoms with E-state index < -0.39 is 5.41 Å². The normalized spacial score (nSPS) is 18.7. The van der Waals surface area contributed by atoms with Gasteiger partial charge in [-0.2, -0.15) is 0 Å². The second-order valence-corrected chi connectivity index (χ2v) is 18.9. The lowest BCUT2D eigenvalue weighted by atomic mass is 9.67. The molecule has 2 fully saturated rings. The Bertz CT molecular complexity index is 2860. The van der Waals surface area contributed by atoms with Crippen LogP contribution in [0.2, 0.25) is 0 Å². The molecule has 2 saturated carbocycles. The monoisotopic (exact) mass is 775 g/mol. The van der Waals surface area contributed by atoms with Crippen LogP contribution in [0.15, 0.2) is 182 Å². The van der Waals surface area contributed by atoms with E-state index >= 15 is 0 Å². The molecular weight excluding hydrogens is 723 g/mol. The van der Waals surface area contributed by atoms with E-state index in [0.717, 1.165) is 11.8 Å². The zero-order valence-corrected chi connectivity index (χ0v) is 35.3. The quantitative estimate of drug-likeness (QED) is 0.156. The summed E-state index contributed by atoms with van der Waals surface area (Å²) in [6.45, 7) is 9.31. The van der Waals surface area contributed by atoms with E-state index in [1.807, 2.05) is 0 Å². The van der Waals surface area contributed by atoms with Gasteiger partial charge in [-0.25, -0.2) is 0 Å². The fourth-order valence-electron chi connectivity index (χ4n) is 11.8. The van der Waals surface area contributed by atoms with Crippen molar-refractivity contribution in [2.24, 2.45) is 11.8 Å². The van der Waals surface area contributed by atoms with Crippen LogP contribution in [0.3, 0.4) is 0 Å². The minimum atomic E-state index is -0.503. The third-order valence-corrected chi connectivity index (χ3v) is 14.4. The molecule has 8 aromatic carbocycles. The van der Waals surface area contributed by atoms with Crippen molar-refractivity contribution in [1.29, 1.82) is 0 Å². The zero-order valence-electron chi connectivity index (χ0n) is 35.3. The Kier molecular flexibility index (Phi) is 8.75. The van der Waals surface area contributed by atoms with E-state index in [9.17, 15) is 0 Å². The molecule has 0 aliphatic heterocycles. The van der Waals surface area contributed by atoms with Crippen LogP contribution in [0.1, 0.15) is 91.3 Å². The van der Waals surface area contributed by atoms with Gasteiger partial charge < -0.3 is 4.90 Å². The van der Waals surface area contributed by atoms with Crippen LogP contribution in [0.5, 0.6) is 0 Å². The number of anilines is 3. The Hall–Kier alpha value is -6.18. The van der Waals surface area contributed by atoms with Gasteiger partial charge in [0, 0.05) is 16.9 Å². The molecule has 294 valence electrons. The van der Waals surface area contributed by atoms with Gasteiger partial charge in [0.15, 0.2) is 0 Å². The highest BCUT2D eigenvalue weighted by atomic mass is 15.1. The van der Waals surface area contributed by atoms with E-state index in [4.69, 9.17) is 0 Å². The number of aryl methyl sites for hydroxylation is 1. The lowest BCUT2D eigenvalue weighted by Gasteiger charge is -2.35. The number of hydrogen-bond donors (Lipinski definition) is 0. The SMILES string of the molecule is Cc1cccc2c1-c1ccc(N(c3cccc(C4CC5CCC4C5)c3)c3cc4ccccc4cc3-c3ccccc3C(C)(C)C)cc1C2(c1ccccc1)c1ccccc1. The van der Waals surface area contributed by atoms with Gasteiger partial charge >= 0.3 is 0 Å². The van der Waals surface area contributed by atoms with Crippen LogP contribution in [0.25, 0.3) is 33.0 Å². The van der Waals surface area contributed by atoms with Gasteiger partial charge in [-0.3, -0.25) is 0 Å². The Morgan fingerprint density at radius 2 is 1.18 bits per heavy atom. The highest BCUT2D eigenvalue weighted by Crippen LogP contribution is 2.59. The van der Waals surface area contributed by atoms with Crippen molar-refractivity contribution in [1.82, 2.24) is 0 Å². The molecule has 3 aliphatic carbocycles. The average Bonchev–Trinajstić information content (AvgIpc) is 4.00. The topological polar surface area (TPSA) is 3.24 Å². The van der Waals surface area contributed by atoms with Crippen molar-refractivity contribution in [3.05, 3.63) is 221 Å². The van der Waals surface area contributed by atoms with Crippen molar-refractivity contribution >= 4 is 27.8 Å². The van der Waals surface area contributed by atoms with E-state index in [1.54, 1.807) is 0 Å². The number of fused-ring (bicyclic) bond motifs is 6. The van der Waals surface area contributed by atoms with E-state index in [1.165, 1.54) is 115 Å². The Morgan fingerprint density at radius 1 is 0.517 bits per heavy atom. The zero-order chi connectivity index (χ0) is 40.6. The molecule has 0 N–H and O–H groups in total. The summed E-state index contributed by atoms with van der Waals surface area (Å²) in [5.41, 5.74) is 17.6. The van der Waals surface area contributed by atoms with Crippen molar-refractivity contribution < 1.29 is 0 Å². The number of benzene rings is 8. The van der Waals surface area contributed by atoms with Crippen molar-refractivity contribution in [2.75, 3.05) is 4.90 Å². The largest absolute Gasteiger partial charge is 0.310 e. The second-order valence-electron chi connectivity index (χ2n) is 18.9. The second kappa shape index (κ2) is 14.2. The van der Waals surface area contributed by atoms with Crippen LogP contribution in [-0.2, 0) is 10.8 Å². The fourth-order valence-corrected chi connectivity index (χ4v) is 11.8. The molecule has 60 heavy (non-hydrogen) atoms. The standard InChI is InChI=1S/C59H53N/c1-39-17-15-28-54-57(39)50-32-31-48(38-55(50)59(54,45-21-7-5-8-22-45)46-23-9-6-10-24-46)60(47-25-16-20-43(35-47)51-34-40-29-30-44(51)33-40)56-37-42-19-12-11-18-41(42)36-52(56)49-26-13-14-27-53(49)58(2,3)4/h5-28,31-32,35-38,40,44,51H,29-30,33-34H2,1-4H3. The minimum absolute atomic E-state index is 0.0474.